The molecule has 0 aliphatic rings. The standard InChI is InChI=1S/C17H21F2N3O8/c18-6-1-8-9(2-7(6)19)21-17(30)10(20-8)3-11(25)14(22-13(27)5-24)16(29)15(28)12(26)4-23/h1-2,11-12,14-16,23-26,28-29H,3-5H2,(H,21,30)(H,22,27)/t11-,12-,14-,15+,16-/m1/s1. The third-order valence-corrected chi connectivity index (χ3v) is 4.39. The Morgan fingerprint density at radius 3 is 2.30 bits per heavy atom. The highest BCUT2D eigenvalue weighted by atomic mass is 19.2. The van der Waals surface area contributed by atoms with Gasteiger partial charge >= 0.3 is 0 Å². The Balaban J connectivity index is 2.34. The zero-order valence-electron chi connectivity index (χ0n) is 15.4. The summed E-state index contributed by atoms with van der Waals surface area (Å²) in [5, 5.41) is 59.8. The summed E-state index contributed by atoms with van der Waals surface area (Å²) in [6, 6.07) is -0.264. The molecular formula is C17H21F2N3O8. The summed E-state index contributed by atoms with van der Waals surface area (Å²) in [6.07, 6.45) is -8.26. The Kier molecular flexibility index (Phi) is 7.89. The number of carbonyl (C=O) groups is 1. The number of hydrogen-bond acceptors (Lipinski definition) is 9. The van der Waals surface area contributed by atoms with Crippen LogP contribution in [0.3, 0.4) is 0 Å². The molecule has 0 aliphatic heterocycles. The van der Waals surface area contributed by atoms with Gasteiger partial charge in [-0.15, -0.1) is 0 Å². The van der Waals surface area contributed by atoms with Crippen molar-refractivity contribution in [3.63, 3.8) is 0 Å². The van der Waals surface area contributed by atoms with Gasteiger partial charge in [0, 0.05) is 18.6 Å². The average Bonchev–Trinajstić information content (AvgIpc) is 2.72. The van der Waals surface area contributed by atoms with E-state index in [4.69, 9.17) is 10.2 Å². The lowest BCUT2D eigenvalue weighted by molar-refractivity contribution is -0.131. The Morgan fingerprint density at radius 2 is 1.70 bits per heavy atom. The first-order chi connectivity index (χ1) is 14.1. The van der Waals surface area contributed by atoms with Crippen molar-refractivity contribution in [1.29, 1.82) is 0 Å². The van der Waals surface area contributed by atoms with Gasteiger partial charge in [0.2, 0.25) is 5.91 Å². The molecule has 8 N–H and O–H groups in total. The Hall–Kier alpha value is -2.55. The van der Waals surface area contributed by atoms with Crippen molar-refractivity contribution >= 4 is 16.9 Å². The summed E-state index contributed by atoms with van der Waals surface area (Å²) in [7, 11) is 0. The van der Waals surface area contributed by atoms with Crippen LogP contribution in [0.1, 0.15) is 5.69 Å². The van der Waals surface area contributed by atoms with Gasteiger partial charge in [-0.1, -0.05) is 0 Å². The molecule has 2 rings (SSSR count). The largest absolute Gasteiger partial charge is 0.394 e. The second-order valence-electron chi connectivity index (χ2n) is 6.55. The number of nitrogens with zero attached hydrogens (tertiary/aromatic N) is 1. The first-order valence-electron chi connectivity index (χ1n) is 8.70. The van der Waals surface area contributed by atoms with E-state index in [0.29, 0.717) is 0 Å². The van der Waals surface area contributed by atoms with Crippen LogP contribution in [-0.2, 0) is 11.2 Å². The normalized spacial score (nSPS) is 16.7. The summed E-state index contributed by atoms with van der Waals surface area (Å²) >= 11 is 0. The van der Waals surface area contributed by atoms with Gasteiger partial charge in [-0.2, -0.15) is 0 Å². The van der Waals surface area contributed by atoms with Crippen molar-refractivity contribution in [1.82, 2.24) is 15.3 Å². The van der Waals surface area contributed by atoms with Gasteiger partial charge in [0.1, 0.15) is 30.6 Å². The smallest absolute Gasteiger partial charge is 0.270 e. The number of H-pyrrole nitrogens is 1. The first kappa shape index (κ1) is 23.7. The van der Waals surface area contributed by atoms with Crippen LogP contribution in [0.5, 0.6) is 0 Å². The third kappa shape index (κ3) is 5.33. The first-order valence-corrected chi connectivity index (χ1v) is 8.70. The minimum absolute atomic E-state index is 0.108. The molecule has 11 nitrogen and oxygen atoms in total. The lowest BCUT2D eigenvalue weighted by atomic mass is 9.94. The molecule has 0 unspecified atom stereocenters. The van der Waals surface area contributed by atoms with E-state index in [9.17, 15) is 38.8 Å². The Bertz CT molecular complexity index is 956. The molecule has 13 heteroatoms. The van der Waals surface area contributed by atoms with Crippen molar-refractivity contribution in [2.45, 2.75) is 36.9 Å². The number of aliphatic hydroxyl groups is 6. The summed E-state index contributed by atoms with van der Waals surface area (Å²) in [6.45, 7) is -1.97. The minimum atomic E-state index is -2.02. The van der Waals surface area contributed by atoms with Crippen molar-refractivity contribution in [2.24, 2.45) is 0 Å². The van der Waals surface area contributed by atoms with Gasteiger partial charge in [-0.3, -0.25) is 9.59 Å². The number of amides is 1. The topological polar surface area (TPSA) is 196 Å². The Labute approximate surface area is 167 Å². The molecular weight excluding hydrogens is 412 g/mol. The van der Waals surface area contributed by atoms with Crippen molar-refractivity contribution in [3.05, 3.63) is 39.8 Å². The Morgan fingerprint density at radius 1 is 1.07 bits per heavy atom. The van der Waals surface area contributed by atoms with Crippen LogP contribution in [0, 0.1) is 11.6 Å². The molecule has 1 aromatic heterocycles. The summed E-state index contributed by atoms with van der Waals surface area (Å²) in [5.41, 5.74) is -1.48. The van der Waals surface area contributed by atoms with E-state index in [1.165, 1.54) is 0 Å². The van der Waals surface area contributed by atoms with Crippen LogP contribution in [0.2, 0.25) is 0 Å². The van der Waals surface area contributed by atoms with Gasteiger partial charge in [0.25, 0.3) is 5.56 Å². The van der Waals surface area contributed by atoms with Crippen molar-refractivity contribution in [2.75, 3.05) is 13.2 Å². The summed E-state index contributed by atoms with van der Waals surface area (Å²) in [4.78, 5) is 29.8. The number of rotatable bonds is 9. The molecule has 0 saturated heterocycles. The predicted octanol–water partition coefficient (Wildman–Crippen LogP) is -3.34. The van der Waals surface area contributed by atoms with Crippen LogP contribution in [-0.4, -0.2) is 90.2 Å². The number of benzene rings is 1. The van der Waals surface area contributed by atoms with E-state index in [1.807, 2.05) is 5.32 Å². The van der Waals surface area contributed by atoms with Crippen LogP contribution >= 0.6 is 0 Å². The fraction of sp³-hybridized carbons (Fsp3) is 0.471. The highest BCUT2D eigenvalue weighted by Gasteiger charge is 2.36. The second-order valence-corrected chi connectivity index (χ2v) is 6.55. The lowest BCUT2D eigenvalue weighted by Gasteiger charge is -2.32. The highest BCUT2D eigenvalue weighted by Crippen LogP contribution is 2.16. The molecule has 1 heterocycles. The van der Waals surface area contributed by atoms with Crippen LogP contribution in [0.4, 0.5) is 8.78 Å². The molecule has 5 atom stereocenters. The molecule has 0 spiro atoms. The minimum Gasteiger partial charge on any atom is -0.394 e. The number of fused-ring (bicyclic) bond motifs is 1. The highest BCUT2D eigenvalue weighted by molar-refractivity contribution is 5.77. The van der Waals surface area contributed by atoms with E-state index in [0.717, 1.165) is 12.1 Å². The average molecular weight is 433 g/mol. The van der Waals surface area contributed by atoms with Crippen molar-refractivity contribution in [3.8, 4) is 0 Å². The van der Waals surface area contributed by atoms with Crippen LogP contribution in [0.15, 0.2) is 16.9 Å². The maximum absolute atomic E-state index is 13.4. The van der Waals surface area contributed by atoms with Gasteiger partial charge < -0.3 is 40.9 Å². The number of aliphatic hydroxyl groups excluding tert-OH is 6. The van der Waals surface area contributed by atoms with Gasteiger partial charge in [-0.25, -0.2) is 13.8 Å². The van der Waals surface area contributed by atoms with Crippen LogP contribution < -0.4 is 10.9 Å². The lowest BCUT2D eigenvalue weighted by Crippen LogP contribution is -2.58. The molecule has 1 aromatic carbocycles. The second kappa shape index (κ2) is 9.97. The molecule has 0 aliphatic carbocycles. The quantitative estimate of drug-likeness (QED) is 0.199. The van der Waals surface area contributed by atoms with E-state index < -0.39 is 73.2 Å². The maximum atomic E-state index is 13.4. The zero-order valence-corrected chi connectivity index (χ0v) is 15.4. The SMILES string of the molecule is O=C(CO)N[C@@H]([C@@H](O)[C@@H](O)[C@H](O)CO)[C@H](O)Cc1nc2cc(F)c(F)cc2[nH]c1=O. The zero-order chi connectivity index (χ0) is 22.6. The molecule has 1 amide bonds. The molecule has 0 saturated carbocycles. The summed E-state index contributed by atoms with van der Waals surface area (Å²) < 4.78 is 26.7. The number of nitrogens with one attached hydrogen (secondary N) is 2. The van der Waals surface area contributed by atoms with Gasteiger partial charge in [-0.05, 0) is 0 Å². The summed E-state index contributed by atoms with van der Waals surface area (Å²) in [5.74, 6) is -3.49. The van der Waals surface area contributed by atoms with Crippen LogP contribution in [0.25, 0.3) is 11.0 Å². The van der Waals surface area contributed by atoms with Gasteiger partial charge in [0.05, 0.1) is 29.8 Å². The van der Waals surface area contributed by atoms with Gasteiger partial charge in [0.15, 0.2) is 11.6 Å². The van der Waals surface area contributed by atoms with E-state index in [2.05, 4.69) is 9.97 Å². The predicted molar refractivity (Wildman–Crippen MR) is 96.1 cm³/mol. The molecule has 30 heavy (non-hydrogen) atoms. The number of carbonyl (C=O) groups excluding carboxylic acids is 1. The fourth-order valence-corrected chi connectivity index (χ4v) is 2.77. The maximum Gasteiger partial charge on any atom is 0.270 e. The monoisotopic (exact) mass is 433 g/mol. The number of halogens is 2. The fourth-order valence-electron chi connectivity index (χ4n) is 2.77. The number of aromatic nitrogens is 2. The molecule has 2 aromatic rings. The van der Waals surface area contributed by atoms with Crippen molar-refractivity contribution < 1.29 is 44.2 Å². The van der Waals surface area contributed by atoms with E-state index in [1.54, 1.807) is 0 Å². The van der Waals surface area contributed by atoms with E-state index in [-0.39, 0.29) is 16.7 Å². The number of hydrogen-bond donors (Lipinski definition) is 8. The number of aromatic amines is 1. The third-order valence-electron chi connectivity index (χ3n) is 4.39. The molecule has 166 valence electrons. The molecule has 0 fully saturated rings. The molecule has 0 bridgehead atoms. The van der Waals surface area contributed by atoms with E-state index >= 15 is 0 Å². The molecule has 0 radical (unpaired) electrons.